The zero-order valence-corrected chi connectivity index (χ0v) is 19.4. The van der Waals surface area contributed by atoms with E-state index in [1.165, 1.54) is 0 Å². The van der Waals surface area contributed by atoms with Gasteiger partial charge in [0.15, 0.2) is 0 Å². The van der Waals surface area contributed by atoms with Crippen LogP contribution in [-0.2, 0) is 0 Å². The Bertz CT molecular complexity index is 1170. The Morgan fingerprint density at radius 3 is 2.12 bits per heavy atom. The Hall–Kier alpha value is -3.00. The third kappa shape index (κ3) is 3.83. The van der Waals surface area contributed by atoms with Crippen molar-refractivity contribution in [3.05, 3.63) is 94.0 Å². The molecule has 6 heteroatoms. The van der Waals surface area contributed by atoms with E-state index in [2.05, 4.69) is 19.9 Å². The minimum absolute atomic E-state index is 0.127. The molecule has 32 heavy (non-hydrogen) atoms. The fourth-order valence-electron chi connectivity index (χ4n) is 4.73. The maximum Gasteiger partial charge on any atom is 0.330 e. The quantitative estimate of drug-likeness (QED) is 0.390. The normalized spacial score (nSPS) is 20.5. The summed E-state index contributed by atoms with van der Waals surface area (Å²) in [5.74, 6) is 0. The van der Waals surface area contributed by atoms with Crippen molar-refractivity contribution < 1.29 is 4.79 Å². The standard InChI is InChI=1S/C26H23Cl2N3O/c1-3-15-26(2)24(19-6-4-5-18(16-19)17-29)30(22-11-7-20(27)8-12-22)25(32)31(26)23-13-9-21(28)10-14-23/h4-14,16,24H,3,15H2,1-2H3/t24-,26+/m0/s1. The van der Waals surface area contributed by atoms with Gasteiger partial charge in [-0.2, -0.15) is 5.26 Å². The van der Waals surface area contributed by atoms with E-state index in [0.717, 1.165) is 29.8 Å². The van der Waals surface area contributed by atoms with E-state index >= 15 is 0 Å². The minimum Gasteiger partial charge on any atom is -0.286 e. The topological polar surface area (TPSA) is 47.3 Å². The lowest BCUT2D eigenvalue weighted by atomic mass is 9.82. The van der Waals surface area contributed by atoms with Gasteiger partial charge in [0.1, 0.15) is 0 Å². The molecule has 0 aromatic heterocycles. The molecule has 2 atom stereocenters. The number of nitrogens with zero attached hydrogens (tertiary/aromatic N) is 3. The lowest BCUT2D eigenvalue weighted by Crippen LogP contribution is -2.46. The van der Waals surface area contributed by atoms with Crippen molar-refractivity contribution in [2.45, 2.75) is 38.3 Å². The Morgan fingerprint density at radius 2 is 1.56 bits per heavy atom. The number of hydrogen-bond donors (Lipinski definition) is 0. The molecule has 1 aliphatic rings. The van der Waals surface area contributed by atoms with Crippen molar-refractivity contribution >= 4 is 40.6 Å². The molecule has 0 aliphatic carbocycles. The van der Waals surface area contributed by atoms with E-state index < -0.39 is 5.54 Å². The Morgan fingerprint density at radius 1 is 0.969 bits per heavy atom. The molecule has 1 aliphatic heterocycles. The van der Waals surface area contributed by atoms with Crippen molar-refractivity contribution in [1.82, 2.24) is 0 Å². The van der Waals surface area contributed by atoms with Gasteiger partial charge in [-0.15, -0.1) is 0 Å². The monoisotopic (exact) mass is 463 g/mol. The summed E-state index contributed by atoms with van der Waals surface area (Å²) in [5, 5.41) is 10.7. The van der Waals surface area contributed by atoms with Gasteiger partial charge in [0.25, 0.3) is 0 Å². The molecule has 0 radical (unpaired) electrons. The van der Waals surface area contributed by atoms with Gasteiger partial charge in [-0.05, 0) is 79.6 Å². The average molecular weight is 464 g/mol. The highest BCUT2D eigenvalue weighted by atomic mass is 35.5. The highest BCUT2D eigenvalue weighted by Crippen LogP contribution is 2.50. The van der Waals surface area contributed by atoms with E-state index in [1.807, 2.05) is 52.3 Å². The maximum atomic E-state index is 14.0. The second-order valence-corrected chi connectivity index (χ2v) is 9.06. The first-order chi connectivity index (χ1) is 15.4. The third-order valence-corrected chi connectivity index (χ3v) is 6.54. The summed E-state index contributed by atoms with van der Waals surface area (Å²) >= 11 is 12.3. The smallest absolute Gasteiger partial charge is 0.286 e. The van der Waals surface area contributed by atoms with Crippen LogP contribution in [0.2, 0.25) is 10.0 Å². The number of halogens is 2. The molecule has 162 valence electrons. The second-order valence-electron chi connectivity index (χ2n) is 8.19. The number of carbonyl (C=O) groups excluding carboxylic acids is 1. The van der Waals surface area contributed by atoms with Crippen LogP contribution in [0, 0.1) is 11.3 Å². The van der Waals surface area contributed by atoms with Crippen molar-refractivity contribution in [2.75, 3.05) is 9.80 Å². The van der Waals surface area contributed by atoms with E-state index in [9.17, 15) is 10.1 Å². The van der Waals surface area contributed by atoms with Gasteiger partial charge in [-0.3, -0.25) is 9.80 Å². The van der Waals surface area contributed by atoms with E-state index in [1.54, 1.807) is 30.3 Å². The van der Waals surface area contributed by atoms with E-state index in [-0.39, 0.29) is 12.1 Å². The first kappa shape index (κ1) is 22.2. The van der Waals surface area contributed by atoms with Crippen molar-refractivity contribution in [1.29, 1.82) is 5.26 Å². The zero-order valence-electron chi connectivity index (χ0n) is 17.9. The molecule has 4 rings (SSSR count). The fraction of sp³-hybridized carbons (Fsp3) is 0.231. The predicted octanol–water partition coefficient (Wildman–Crippen LogP) is 7.61. The van der Waals surface area contributed by atoms with Crippen LogP contribution in [0.1, 0.15) is 43.9 Å². The molecule has 0 spiro atoms. The van der Waals surface area contributed by atoms with Crippen LogP contribution < -0.4 is 9.80 Å². The molecule has 3 aromatic rings. The maximum absolute atomic E-state index is 14.0. The van der Waals surface area contributed by atoms with Gasteiger partial charge in [-0.25, -0.2) is 4.79 Å². The van der Waals surface area contributed by atoms with E-state index in [4.69, 9.17) is 23.2 Å². The van der Waals surface area contributed by atoms with Crippen LogP contribution >= 0.6 is 23.2 Å². The Labute approximate surface area is 198 Å². The van der Waals surface area contributed by atoms with Crippen molar-refractivity contribution in [3.8, 4) is 6.07 Å². The molecular formula is C26H23Cl2N3O. The zero-order chi connectivity index (χ0) is 22.9. The predicted molar refractivity (Wildman–Crippen MR) is 130 cm³/mol. The van der Waals surface area contributed by atoms with Crippen LogP contribution in [0.25, 0.3) is 0 Å². The molecule has 4 nitrogen and oxygen atoms in total. The molecule has 0 N–H and O–H groups in total. The highest BCUT2D eigenvalue weighted by Gasteiger charge is 2.55. The number of benzene rings is 3. The molecule has 3 aromatic carbocycles. The average Bonchev–Trinajstić information content (AvgIpc) is 3.02. The number of hydrogen-bond acceptors (Lipinski definition) is 2. The fourth-order valence-corrected chi connectivity index (χ4v) is 4.99. The summed E-state index contributed by atoms with van der Waals surface area (Å²) in [7, 11) is 0. The molecule has 1 saturated heterocycles. The first-order valence-electron chi connectivity index (χ1n) is 10.5. The highest BCUT2D eigenvalue weighted by molar-refractivity contribution is 6.31. The second kappa shape index (κ2) is 8.86. The number of nitriles is 1. The molecule has 1 fully saturated rings. The SMILES string of the molecule is CCC[C@]1(C)[C@H](c2cccc(C#N)c2)N(c2ccc(Cl)cc2)C(=O)N1c1ccc(Cl)cc1. The van der Waals surface area contributed by atoms with Crippen LogP contribution in [-0.4, -0.2) is 11.6 Å². The first-order valence-corrected chi connectivity index (χ1v) is 11.3. The summed E-state index contributed by atoms with van der Waals surface area (Å²) < 4.78 is 0. The molecule has 0 bridgehead atoms. The van der Waals surface area contributed by atoms with Gasteiger partial charge >= 0.3 is 6.03 Å². The summed E-state index contributed by atoms with van der Waals surface area (Å²) in [5.41, 5.74) is 2.46. The van der Waals surface area contributed by atoms with E-state index in [0.29, 0.717) is 15.6 Å². The van der Waals surface area contributed by atoms with Gasteiger partial charge in [0.2, 0.25) is 0 Å². The van der Waals surface area contributed by atoms with Gasteiger partial charge in [-0.1, -0.05) is 48.7 Å². The van der Waals surface area contributed by atoms with Gasteiger partial charge < -0.3 is 0 Å². The summed E-state index contributed by atoms with van der Waals surface area (Å²) in [4.78, 5) is 17.7. The van der Waals surface area contributed by atoms with Crippen LogP contribution in [0.15, 0.2) is 72.8 Å². The number of anilines is 2. The molecule has 0 unspecified atom stereocenters. The number of carbonyl (C=O) groups is 1. The van der Waals surface area contributed by atoms with Gasteiger partial charge in [0.05, 0.1) is 23.2 Å². The Balaban J connectivity index is 1.95. The lowest BCUT2D eigenvalue weighted by Gasteiger charge is -2.39. The van der Waals surface area contributed by atoms with Crippen LogP contribution in [0.3, 0.4) is 0 Å². The van der Waals surface area contributed by atoms with Crippen molar-refractivity contribution in [3.63, 3.8) is 0 Å². The largest absolute Gasteiger partial charge is 0.330 e. The summed E-state index contributed by atoms with van der Waals surface area (Å²) in [6, 6.07) is 23.9. The third-order valence-electron chi connectivity index (χ3n) is 6.03. The number of amides is 2. The minimum atomic E-state index is -0.562. The molecule has 2 amide bonds. The van der Waals surface area contributed by atoms with Crippen LogP contribution in [0.4, 0.5) is 16.2 Å². The molecular weight excluding hydrogens is 441 g/mol. The Kier molecular flexibility index (Phi) is 6.15. The summed E-state index contributed by atoms with van der Waals surface area (Å²) in [6.07, 6.45) is 1.66. The summed E-state index contributed by atoms with van der Waals surface area (Å²) in [6.45, 7) is 4.23. The van der Waals surface area contributed by atoms with Crippen LogP contribution in [0.5, 0.6) is 0 Å². The number of urea groups is 1. The molecule has 0 saturated carbocycles. The van der Waals surface area contributed by atoms with Crippen molar-refractivity contribution in [2.24, 2.45) is 0 Å². The molecule has 1 heterocycles. The van der Waals surface area contributed by atoms with Gasteiger partial charge in [0, 0.05) is 21.4 Å². The number of rotatable bonds is 5. The lowest BCUT2D eigenvalue weighted by molar-refractivity contribution is 0.253.